The van der Waals surface area contributed by atoms with Crippen molar-refractivity contribution in [2.24, 2.45) is 5.92 Å². The van der Waals surface area contributed by atoms with Gasteiger partial charge in [-0.2, -0.15) is 13.2 Å². The second kappa shape index (κ2) is 6.79. The second-order valence-corrected chi connectivity index (χ2v) is 6.76. The molecule has 1 amide bonds. The van der Waals surface area contributed by atoms with Gasteiger partial charge in [0.25, 0.3) is 0 Å². The van der Waals surface area contributed by atoms with E-state index in [0.717, 1.165) is 23.3 Å². The molecule has 0 spiro atoms. The molecule has 142 valence electrons. The molecule has 27 heavy (non-hydrogen) atoms. The van der Waals surface area contributed by atoms with E-state index in [4.69, 9.17) is 9.47 Å². The molecule has 1 heterocycles. The molecular formula is C20H18F3NO3. The van der Waals surface area contributed by atoms with Gasteiger partial charge in [0.2, 0.25) is 5.91 Å². The quantitative estimate of drug-likeness (QED) is 0.879. The van der Waals surface area contributed by atoms with Crippen LogP contribution in [0, 0.1) is 5.92 Å². The Kier molecular flexibility index (Phi) is 4.45. The van der Waals surface area contributed by atoms with Crippen molar-refractivity contribution in [1.29, 1.82) is 0 Å². The number of ether oxygens (including phenoxy) is 2. The van der Waals surface area contributed by atoms with Gasteiger partial charge in [0, 0.05) is 12.5 Å². The van der Waals surface area contributed by atoms with Gasteiger partial charge in [0.1, 0.15) is 13.2 Å². The Labute approximate surface area is 154 Å². The largest absolute Gasteiger partial charge is 0.486 e. The molecule has 2 aromatic rings. The molecule has 1 N–H and O–H groups in total. The van der Waals surface area contributed by atoms with E-state index < -0.39 is 11.7 Å². The van der Waals surface area contributed by atoms with E-state index in [9.17, 15) is 18.0 Å². The van der Waals surface area contributed by atoms with Crippen molar-refractivity contribution in [3.8, 4) is 11.5 Å². The highest BCUT2D eigenvalue weighted by molar-refractivity contribution is 5.82. The molecule has 1 aliphatic heterocycles. The summed E-state index contributed by atoms with van der Waals surface area (Å²) in [5.74, 6) is 1.06. The Balaban J connectivity index is 1.32. The van der Waals surface area contributed by atoms with Gasteiger partial charge in [-0.1, -0.05) is 18.2 Å². The topological polar surface area (TPSA) is 47.6 Å². The number of hydrogen-bond acceptors (Lipinski definition) is 3. The molecule has 0 radical (unpaired) electrons. The molecule has 1 aliphatic carbocycles. The summed E-state index contributed by atoms with van der Waals surface area (Å²) in [7, 11) is 0. The number of amides is 1. The number of rotatable bonds is 4. The molecule has 1 saturated carbocycles. The maximum atomic E-state index is 12.6. The summed E-state index contributed by atoms with van der Waals surface area (Å²) in [6, 6.07) is 10.6. The molecular weight excluding hydrogens is 359 g/mol. The van der Waals surface area contributed by atoms with Crippen molar-refractivity contribution in [1.82, 2.24) is 5.32 Å². The van der Waals surface area contributed by atoms with Crippen molar-refractivity contribution in [3.63, 3.8) is 0 Å². The summed E-state index contributed by atoms with van der Waals surface area (Å²) >= 11 is 0. The molecule has 2 unspecified atom stereocenters. The molecule has 2 atom stereocenters. The number of nitrogens with one attached hydrogen (secondary N) is 1. The first-order chi connectivity index (χ1) is 12.9. The fourth-order valence-electron chi connectivity index (χ4n) is 3.29. The number of carbonyl (C=O) groups excluding carboxylic acids is 1. The molecule has 1 fully saturated rings. The Morgan fingerprint density at radius 3 is 2.44 bits per heavy atom. The lowest BCUT2D eigenvalue weighted by atomic mass is 10.1. The van der Waals surface area contributed by atoms with Crippen molar-refractivity contribution >= 4 is 5.91 Å². The number of carbonyl (C=O) groups is 1. The Hall–Kier alpha value is -2.70. The van der Waals surface area contributed by atoms with Crippen LogP contribution in [0.5, 0.6) is 11.5 Å². The standard InChI is InChI=1S/C20H18F3NO3/c21-20(22,23)14-4-2-13(3-5-14)15-10-16(15)19(25)24-11-12-1-6-17-18(9-12)27-8-7-26-17/h1-6,9,15-16H,7-8,10-11H2,(H,24,25). The van der Waals surface area contributed by atoms with Crippen LogP contribution in [0.2, 0.25) is 0 Å². The fraction of sp³-hybridized carbons (Fsp3) is 0.350. The summed E-state index contributed by atoms with van der Waals surface area (Å²) in [6.45, 7) is 1.39. The second-order valence-electron chi connectivity index (χ2n) is 6.76. The number of halogens is 3. The van der Waals surface area contributed by atoms with E-state index in [1.807, 2.05) is 18.2 Å². The highest BCUT2D eigenvalue weighted by Gasteiger charge is 2.44. The lowest BCUT2D eigenvalue weighted by Gasteiger charge is -2.19. The van der Waals surface area contributed by atoms with Gasteiger partial charge in [-0.05, 0) is 47.7 Å². The molecule has 4 nitrogen and oxygen atoms in total. The molecule has 4 rings (SSSR count). The van der Waals surface area contributed by atoms with Crippen LogP contribution in [0.15, 0.2) is 42.5 Å². The van der Waals surface area contributed by atoms with Crippen molar-refractivity contribution in [3.05, 3.63) is 59.2 Å². The van der Waals surface area contributed by atoms with Gasteiger partial charge < -0.3 is 14.8 Å². The summed E-state index contributed by atoms with van der Waals surface area (Å²) in [5, 5.41) is 2.89. The zero-order valence-corrected chi connectivity index (χ0v) is 14.4. The molecule has 0 bridgehead atoms. The zero-order valence-electron chi connectivity index (χ0n) is 14.4. The van der Waals surface area contributed by atoms with Gasteiger partial charge in [-0.3, -0.25) is 4.79 Å². The SMILES string of the molecule is O=C(NCc1ccc2c(c1)OCCO2)C1CC1c1ccc(C(F)(F)F)cc1. The van der Waals surface area contributed by atoms with E-state index in [2.05, 4.69) is 5.32 Å². The van der Waals surface area contributed by atoms with Gasteiger partial charge in [-0.25, -0.2) is 0 Å². The van der Waals surface area contributed by atoms with Crippen LogP contribution in [0.25, 0.3) is 0 Å². The maximum absolute atomic E-state index is 12.6. The van der Waals surface area contributed by atoms with Crippen molar-refractivity contribution in [2.45, 2.75) is 25.1 Å². The van der Waals surface area contributed by atoms with Crippen LogP contribution in [0.1, 0.15) is 29.0 Å². The zero-order chi connectivity index (χ0) is 19.0. The Morgan fingerprint density at radius 2 is 1.74 bits per heavy atom. The highest BCUT2D eigenvalue weighted by atomic mass is 19.4. The molecule has 7 heteroatoms. The van der Waals surface area contributed by atoms with Crippen molar-refractivity contribution in [2.75, 3.05) is 13.2 Å². The minimum Gasteiger partial charge on any atom is -0.486 e. The van der Waals surface area contributed by atoms with E-state index in [0.29, 0.717) is 37.7 Å². The minimum absolute atomic E-state index is 0.0208. The van der Waals surface area contributed by atoms with Crippen LogP contribution in [0.4, 0.5) is 13.2 Å². The Bertz CT molecular complexity index is 849. The van der Waals surface area contributed by atoms with E-state index in [1.165, 1.54) is 12.1 Å². The minimum atomic E-state index is -4.34. The van der Waals surface area contributed by atoms with Crippen LogP contribution >= 0.6 is 0 Å². The third-order valence-corrected chi connectivity index (χ3v) is 4.87. The third-order valence-electron chi connectivity index (χ3n) is 4.87. The van der Waals surface area contributed by atoms with Crippen LogP contribution in [-0.4, -0.2) is 19.1 Å². The number of hydrogen-bond donors (Lipinski definition) is 1. The number of benzene rings is 2. The first-order valence-corrected chi connectivity index (χ1v) is 8.75. The van der Waals surface area contributed by atoms with Crippen LogP contribution < -0.4 is 14.8 Å². The van der Waals surface area contributed by atoms with Crippen LogP contribution in [0.3, 0.4) is 0 Å². The fourth-order valence-corrected chi connectivity index (χ4v) is 3.29. The number of fused-ring (bicyclic) bond motifs is 1. The summed E-state index contributed by atoms with van der Waals surface area (Å²) in [5.41, 5.74) is 0.994. The maximum Gasteiger partial charge on any atom is 0.416 e. The average molecular weight is 377 g/mol. The summed E-state index contributed by atoms with van der Waals surface area (Å²) in [6.07, 6.45) is -3.69. The predicted octanol–water partition coefficient (Wildman–Crippen LogP) is 3.90. The molecule has 2 aromatic carbocycles. The lowest BCUT2D eigenvalue weighted by Crippen LogP contribution is -2.25. The Morgan fingerprint density at radius 1 is 1.04 bits per heavy atom. The molecule has 0 saturated heterocycles. The molecule has 0 aromatic heterocycles. The van der Waals surface area contributed by atoms with Crippen molar-refractivity contribution < 1.29 is 27.4 Å². The van der Waals surface area contributed by atoms with Crippen LogP contribution in [-0.2, 0) is 17.5 Å². The van der Waals surface area contributed by atoms with E-state index in [-0.39, 0.29) is 17.7 Å². The van der Waals surface area contributed by atoms with Gasteiger partial charge in [-0.15, -0.1) is 0 Å². The normalized spacial score (nSPS) is 20.9. The smallest absolute Gasteiger partial charge is 0.416 e. The summed E-state index contributed by atoms with van der Waals surface area (Å²) in [4.78, 5) is 12.3. The van der Waals surface area contributed by atoms with Gasteiger partial charge in [0.15, 0.2) is 11.5 Å². The predicted molar refractivity (Wildman–Crippen MR) is 91.6 cm³/mol. The molecule has 2 aliphatic rings. The summed E-state index contributed by atoms with van der Waals surface area (Å²) < 4.78 is 48.9. The first kappa shape index (κ1) is 17.7. The average Bonchev–Trinajstić information content (AvgIpc) is 3.46. The van der Waals surface area contributed by atoms with Gasteiger partial charge >= 0.3 is 6.18 Å². The van der Waals surface area contributed by atoms with Gasteiger partial charge in [0.05, 0.1) is 5.56 Å². The van der Waals surface area contributed by atoms with E-state index in [1.54, 1.807) is 0 Å². The van der Waals surface area contributed by atoms with E-state index >= 15 is 0 Å². The third kappa shape index (κ3) is 3.86. The first-order valence-electron chi connectivity index (χ1n) is 8.75. The number of alkyl halides is 3. The monoisotopic (exact) mass is 377 g/mol. The highest BCUT2D eigenvalue weighted by Crippen LogP contribution is 2.48. The lowest BCUT2D eigenvalue weighted by molar-refractivity contribution is -0.137.